The highest BCUT2D eigenvalue weighted by Crippen LogP contribution is 2.29. The predicted molar refractivity (Wildman–Crippen MR) is 79.9 cm³/mol. The van der Waals surface area contributed by atoms with Gasteiger partial charge in [0.25, 0.3) is 0 Å². The Kier molecular flexibility index (Phi) is 3.42. The van der Waals surface area contributed by atoms with E-state index in [0.717, 1.165) is 0 Å². The Bertz CT molecular complexity index is 570. The van der Waals surface area contributed by atoms with Gasteiger partial charge in [-0.3, -0.25) is 0 Å². The zero-order chi connectivity index (χ0) is 13.3. The summed E-state index contributed by atoms with van der Waals surface area (Å²) >= 11 is 0. The third kappa shape index (κ3) is 2.40. The summed E-state index contributed by atoms with van der Waals surface area (Å²) in [5, 5.41) is 0. The Hall–Kier alpha value is -1.76. The van der Waals surface area contributed by atoms with Gasteiger partial charge < -0.3 is 4.90 Å². The van der Waals surface area contributed by atoms with Gasteiger partial charge in [-0.25, -0.2) is 0 Å². The van der Waals surface area contributed by atoms with Gasteiger partial charge in [-0.2, -0.15) is 0 Å². The van der Waals surface area contributed by atoms with E-state index in [9.17, 15) is 0 Å². The van der Waals surface area contributed by atoms with Crippen molar-refractivity contribution in [3.05, 3.63) is 58.7 Å². The number of nitrogens with zero attached hydrogens (tertiary/aromatic N) is 1. The molecule has 0 saturated heterocycles. The largest absolute Gasteiger partial charge is 0.344 e. The fraction of sp³-hybridized carbons (Fsp3) is 0.294. The van der Waals surface area contributed by atoms with Crippen LogP contribution in [-0.2, 0) is 0 Å². The zero-order valence-corrected chi connectivity index (χ0v) is 11.9. The molecule has 0 aromatic heterocycles. The molecule has 0 bridgehead atoms. The minimum absolute atomic E-state index is 1.24. The van der Waals surface area contributed by atoms with Crippen LogP contribution in [0.2, 0.25) is 0 Å². The Morgan fingerprint density at radius 2 is 1.44 bits per heavy atom. The normalized spacial score (nSPS) is 10.5. The van der Waals surface area contributed by atoms with Crippen LogP contribution in [0.3, 0.4) is 0 Å². The smallest absolute Gasteiger partial charge is 0.0440 e. The van der Waals surface area contributed by atoms with Crippen LogP contribution in [0, 0.1) is 27.7 Å². The van der Waals surface area contributed by atoms with Crippen molar-refractivity contribution in [1.29, 1.82) is 0 Å². The lowest BCUT2D eigenvalue weighted by atomic mass is 10.0. The molecule has 2 rings (SSSR count). The summed E-state index contributed by atoms with van der Waals surface area (Å²) in [6.07, 6.45) is 0. The van der Waals surface area contributed by atoms with E-state index < -0.39 is 0 Å². The van der Waals surface area contributed by atoms with Gasteiger partial charge in [0, 0.05) is 18.4 Å². The Balaban J connectivity index is 2.46. The second kappa shape index (κ2) is 4.85. The number of rotatable bonds is 2. The maximum atomic E-state index is 2.27. The van der Waals surface area contributed by atoms with E-state index in [2.05, 4.69) is 76.0 Å². The molecule has 2 aromatic rings. The molecule has 2 aromatic carbocycles. The maximum Gasteiger partial charge on any atom is 0.0440 e. The van der Waals surface area contributed by atoms with Crippen molar-refractivity contribution in [1.82, 2.24) is 0 Å². The number of anilines is 2. The lowest BCUT2D eigenvalue weighted by Gasteiger charge is -2.23. The average molecular weight is 239 g/mol. The SMILES string of the molecule is Cc1cccc(N(C)c2cc(C)c(C)cc2C)c1. The fourth-order valence-electron chi connectivity index (χ4n) is 2.28. The monoisotopic (exact) mass is 239 g/mol. The molecule has 18 heavy (non-hydrogen) atoms. The molecule has 0 fully saturated rings. The van der Waals surface area contributed by atoms with Crippen molar-refractivity contribution in [2.45, 2.75) is 27.7 Å². The summed E-state index contributed by atoms with van der Waals surface area (Å²) in [6.45, 7) is 8.64. The highest BCUT2D eigenvalue weighted by atomic mass is 15.1. The maximum absolute atomic E-state index is 2.27. The van der Waals surface area contributed by atoms with Crippen LogP contribution in [0.5, 0.6) is 0 Å². The molecule has 1 heteroatoms. The van der Waals surface area contributed by atoms with Crippen molar-refractivity contribution in [2.24, 2.45) is 0 Å². The van der Waals surface area contributed by atoms with Gasteiger partial charge in [0.05, 0.1) is 0 Å². The van der Waals surface area contributed by atoms with Gasteiger partial charge in [0.2, 0.25) is 0 Å². The average Bonchev–Trinajstić information content (AvgIpc) is 2.33. The van der Waals surface area contributed by atoms with E-state index in [4.69, 9.17) is 0 Å². The molecule has 0 aliphatic rings. The van der Waals surface area contributed by atoms with Crippen molar-refractivity contribution in [3.63, 3.8) is 0 Å². The molecular formula is C17H21N. The molecule has 0 aliphatic heterocycles. The van der Waals surface area contributed by atoms with Gasteiger partial charge >= 0.3 is 0 Å². The number of hydrogen-bond acceptors (Lipinski definition) is 1. The molecule has 0 amide bonds. The van der Waals surface area contributed by atoms with Crippen molar-refractivity contribution in [3.8, 4) is 0 Å². The first-order valence-electron chi connectivity index (χ1n) is 6.37. The summed E-state index contributed by atoms with van der Waals surface area (Å²) < 4.78 is 0. The number of aryl methyl sites for hydroxylation is 4. The molecule has 0 radical (unpaired) electrons. The fourth-order valence-corrected chi connectivity index (χ4v) is 2.28. The van der Waals surface area contributed by atoms with Crippen molar-refractivity contribution in [2.75, 3.05) is 11.9 Å². The quantitative estimate of drug-likeness (QED) is 0.735. The van der Waals surface area contributed by atoms with Crippen LogP contribution in [0.4, 0.5) is 11.4 Å². The van der Waals surface area contributed by atoms with Crippen LogP contribution < -0.4 is 4.90 Å². The summed E-state index contributed by atoms with van der Waals surface area (Å²) in [5.74, 6) is 0. The molecule has 0 atom stereocenters. The minimum Gasteiger partial charge on any atom is -0.344 e. The van der Waals surface area contributed by atoms with Crippen molar-refractivity contribution >= 4 is 11.4 Å². The Morgan fingerprint density at radius 1 is 0.778 bits per heavy atom. The Morgan fingerprint density at radius 3 is 2.11 bits per heavy atom. The summed E-state index contributed by atoms with van der Waals surface area (Å²) in [7, 11) is 2.13. The van der Waals surface area contributed by atoms with E-state index in [1.807, 2.05) is 0 Å². The standard InChI is InChI=1S/C17H21N/c1-12-7-6-8-16(9-12)18(5)17-11-14(3)13(2)10-15(17)4/h6-11H,1-5H3. The molecule has 0 aliphatic carbocycles. The highest BCUT2D eigenvalue weighted by molar-refractivity contribution is 5.67. The van der Waals surface area contributed by atoms with Crippen LogP contribution in [0.1, 0.15) is 22.3 Å². The predicted octanol–water partition coefficient (Wildman–Crippen LogP) is 4.69. The van der Waals surface area contributed by atoms with E-state index >= 15 is 0 Å². The first-order valence-corrected chi connectivity index (χ1v) is 6.37. The molecule has 0 saturated carbocycles. The van der Waals surface area contributed by atoms with Crippen LogP contribution in [0.25, 0.3) is 0 Å². The Labute approximate surface area is 110 Å². The summed E-state index contributed by atoms with van der Waals surface area (Å²) in [4.78, 5) is 2.26. The molecule has 0 spiro atoms. The lowest BCUT2D eigenvalue weighted by Crippen LogP contribution is -2.11. The van der Waals surface area contributed by atoms with E-state index in [0.29, 0.717) is 0 Å². The summed E-state index contributed by atoms with van der Waals surface area (Å²) in [6, 6.07) is 13.1. The third-order valence-electron chi connectivity index (χ3n) is 3.56. The summed E-state index contributed by atoms with van der Waals surface area (Å²) in [5.41, 5.74) is 7.83. The number of benzene rings is 2. The molecule has 94 valence electrons. The van der Waals surface area contributed by atoms with Crippen LogP contribution >= 0.6 is 0 Å². The second-order valence-corrected chi connectivity index (χ2v) is 5.12. The molecule has 0 heterocycles. The first-order chi connectivity index (χ1) is 8.49. The van der Waals surface area contributed by atoms with Gasteiger partial charge in [0.1, 0.15) is 0 Å². The van der Waals surface area contributed by atoms with Gasteiger partial charge in [0.15, 0.2) is 0 Å². The van der Waals surface area contributed by atoms with Crippen molar-refractivity contribution < 1.29 is 0 Å². The van der Waals surface area contributed by atoms with Gasteiger partial charge in [-0.05, 0) is 68.1 Å². The molecule has 0 N–H and O–H groups in total. The molecule has 0 unspecified atom stereocenters. The van der Waals surface area contributed by atoms with E-state index in [1.54, 1.807) is 0 Å². The third-order valence-corrected chi connectivity index (χ3v) is 3.56. The first kappa shape index (κ1) is 12.7. The molecular weight excluding hydrogens is 218 g/mol. The number of hydrogen-bond donors (Lipinski definition) is 0. The van der Waals surface area contributed by atoms with Gasteiger partial charge in [-0.15, -0.1) is 0 Å². The van der Waals surface area contributed by atoms with Gasteiger partial charge in [-0.1, -0.05) is 18.2 Å². The molecule has 1 nitrogen and oxygen atoms in total. The second-order valence-electron chi connectivity index (χ2n) is 5.12. The highest BCUT2D eigenvalue weighted by Gasteiger charge is 2.08. The zero-order valence-electron chi connectivity index (χ0n) is 11.9. The van der Waals surface area contributed by atoms with Crippen LogP contribution in [-0.4, -0.2) is 7.05 Å². The van der Waals surface area contributed by atoms with E-state index in [-0.39, 0.29) is 0 Å². The topological polar surface area (TPSA) is 3.24 Å². The lowest BCUT2D eigenvalue weighted by molar-refractivity contribution is 1.16. The van der Waals surface area contributed by atoms with E-state index in [1.165, 1.54) is 33.6 Å². The van der Waals surface area contributed by atoms with Crippen LogP contribution in [0.15, 0.2) is 36.4 Å². The minimum atomic E-state index is 1.24.